The number of aliphatic imine (C=N–C) groups is 1. The van der Waals surface area contributed by atoms with Gasteiger partial charge < -0.3 is 4.90 Å². The lowest BCUT2D eigenvalue weighted by Crippen LogP contribution is -2.34. The van der Waals surface area contributed by atoms with Crippen molar-refractivity contribution < 1.29 is 0 Å². The van der Waals surface area contributed by atoms with Gasteiger partial charge in [-0.3, -0.25) is 4.57 Å². The zero-order valence-electron chi connectivity index (χ0n) is 30.5. The predicted molar refractivity (Wildman–Crippen MR) is 231 cm³/mol. The number of hydrogen-bond donors (Lipinski definition) is 0. The van der Waals surface area contributed by atoms with Gasteiger partial charge in [0.2, 0.25) is 6.29 Å². The van der Waals surface area contributed by atoms with E-state index in [1.54, 1.807) is 0 Å². The maximum atomic E-state index is 5.79. The molecule has 0 saturated carbocycles. The summed E-state index contributed by atoms with van der Waals surface area (Å²) in [6.07, 6.45) is 1.80. The Hall–Kier alpha value is -6.23. The van der Waals surface area contributed by atoms with Crippen molar-refractivity contribution in [3.63, 3.8) is 0 Å². The topological polar surface area (TPSA) is 20.5 Å². The minimum absolute atomic E-state index is 0.276. The van der Waals surface area contributed by atoms with Crippen LogP contribution in [0.15, 0.2) is 169 Å². The van der Waals surface area contributed by atoms with Gasteiger partial charge in [0.25, 0.3) is 0 Å². The molecule has 7 aromatic carbocycles. The van der Waals surface area contributed by atoms with Crippen molar-refractivity contribution in [2.24, 2.45) is 4.99 Å². The van der Waals surface area contributed by atoms with E-state index in [2.05, 4.69) is 180 Å². The number of fused-ring (bicyclic) bond motifs is 13. The molecule has 4 heteroatoms. The largest absolute Gasteiger partial charge is 0.335 e. The second kappa shape index (κ2) is 11.9. The number of nitrogens with zero attached hydrogens (tertiary/aromatic N) is 3. The lowest BCUT2D eigenvalue weighted by Gasteiger charge is -2.40. The fraction of sp³-hybridized carbons (Fsp3) is 0.118. The highest BCUT2D eigenvalue weighted by atomic mass is 32.1. The van der Waals surface area contributed by atoms with Crippen LogP contribution in [0, 0.1) is 0 Å². The van der Waals surface area contributed by atoms with Gasteiger partial charge in [-0.2, -0.15) is 0 Å². The third-order valence-electron chi connectivity index (χ3n) is 12.6. The van der Waals surface area contributed by atoms with Gasteiger partial charge in [0.05, 0.1) is 21.8 Å². The van der Waals surface area contributed by atoms with Crippen molar-refractivity contribution in [2.75, 3.05) is 11.9 Å². The van der Waals surface area contributed by atoms with Crippen molar-refractivity contribution in [1.29, 1.82) is 0 Å². The van der Waals surface area contributed by atoms with Crippen molar-refractivity contribution >= 4 is 54.5 Å². The van der Waals surface area contributed by atoms with E-state index in [0.29, 0.717) is 11.8 Å². The number of para-hydroxylation sites is 2. The van der Waals surface area contributed by atoms with E-state index in [1.807, 2.05) is 11.3 Å². The monoisotopic (exact) mass is 723 g/mol. The number of aromatic nitrogens is 1. The van der Waals surface area contributed by atoms with Crippen LogP contribution in [-0.2, 0) is 12.8 Å². The summed E-state index contributed by atoms with van der Waals surface area (Å²) in [7, 11) is 2.23. The minimum Gasteiger partial charge on any atom is -0.335 e. The molecule has 3 aliphatic rings. The average Bonchev–Trinajstić information content (AvgIpc) is 3.80. The molecule has 0 bridgehead atoms. The number of thiophene rings is 1. The first-order chi connectivity index (χ1) is 27.2. The second-order valence-electron chi connectivity index (χ2n) is 15.5. The molecule has 3 heterocycles. The molecular formula is C51H37N3S. The van der Waals surface area contributed by atoms with Crippen LogP contribution in [0.1, 0.15) is 51.5 Å². The fourth-order valence-corrected chi connectivity index (χ4v) is 11.4. The Labute approximate surface area is 324 Å². The van der Waals surface area contributed by atoms with Crippen LogP contribution >= 0.6 is 11.3 Å². The van der Waals surface area contributed by atoms with Crippen LogP contribution in [0.3, 0.4) is 0 Å². The van der Waals surface area contributed by atoms with Gasteiger partial charge in [-0.1, -0.05) is 146 Å². The zero-order valence-corrected chi connectivity index (χ0v) is 31.3. The van der Waals surface area contributed by atoms with E-state index in [4.69, 9.17) is 4.99 Å². The van der Waals surface area contributed by atoms with Crippen molar-refractivity contribution in [3.8, 4) is 21.7 Å². The summed E-state index contributed by atoms with van der Waals surface area (Å²) in [5.41, 5.74) is 15.6. The van der Waals surface area contributed by atoms with Crippen molar-refractivity contribution in [3.05, 3.63) is 197 Å². The Morgan fingerprint density at radius 2 is 1.16 bits per heavy atom. The highest BCUT2D eigenvalue weighted by Crippen LogP contribution is 2.60. The first kappa shape index (κ1) is 31.2. The minimum atomic E-state index is -0.276. The van der Waals surface area contributed by atoms with Crippen LogP contribution < -0.4 is 4.90 Å². The number of anilines is 1. The molecule has 2 aliphatic carbocycles. The average molecular weight is 724 g/mol. The van der Waals surface area contributed by atoms with Gasteiger partial charge in [0, 0.05) is 33.9 Å². The van der Waals surface area contributed by atoms with Gasteiger partial charge >= 0.3 is 0 Å². The molecule has 3 nitrogen and oxygen atoms in total. The normalized spacial score (nSPS) is 18.4. The predicted octanol–water partition coefficient (Wildman–Crippen LogP) is 12.8. The summed E-state index contributed by atoms with van der Waals surface area (Å²) >= 11 is 1.97. The van der Waals surface area contributed by atoms with Crippen LogP contribution in [-0.4, -0.2) is 17.3 Å². The maximum absolute atomic E-state index is 5.79. The van der Waals surface area contributed by atoms with Gasteiger partial charge in [0.15, 0.2) is 0 Å². The number of rotatable bonds is 3. The Morgan fingerprint density at radius 3 is 1.95 bits per heavy atom. The quantitative estimate of drug-likeness (QED) is 0.178. The standard InChI is InChI=1S/C51H37N3S/c1-53-43-20-10-8-18-39(43)48(33-25-23-32(24-26-33)31-13-3-2-4-14-31)52-51(53)54-44-21-11-7-17-38(44)46-41-29-36-27-34-15-5-6-16-35(34)28-37(36)30-42(41)47-40-19-9-12-22-45(40)55-50(47)49(46)54/h2-28,41-42,51H,29-30H2,1H3. The molecule has 55 heavy (non-hydrogen) atoms. The van der Waals surface area contributed by atoms with Gasteiger partial charge in [-0.15, -0.1) is 11.3 Å². The Kier molecular flexibility index (Phi) is 6.73. The molecule has 3 unspecified atom stereocenters. The van der Waals surface area contributed by atoms with E-state index in [1.165, 1.54) is 81.4 Å². The van der Waals surface area contributed by atoms with Crippen molar-refractivity contribution in [2.45, 2.75) is 31.0 Å². The molecule has 1 aliphatic heterocycles. The molecule has 0 amide bonds. The smallest absolute Gasteiger partial charge is 0.203 e. The summed E-state index contributed by atoms with van der Waals surface area (Å²) in [6, 6.07) is 60.5. The molecule has 0 spiro atoms. The summed E-state index contributed by atoms with van der Waals surface area (Å²) in [6.45, 7) is 0. The Morgan fingerprint density at radius 1 is 0.564 bits per heavy atom. The van der Waals surface area contributed by atoms with Crippen LogP contribution in [0.4, 0.5) is 5.69 Å². The molecule has 0 fully saturated rings. The lowest BCUT2D eigenvalue weighted by atomic mass is 9.66. The molecule has 0 saturated heterocycles. The van der Waals surface area contributed by atoms with E-state index in [0.717, 1.165) is 29.7 Å². The molecule has 262 valence electrons. The Balaban J connectivity index is 1.10. The summed E-state index contributed by atoms with van der Waals surface area (Å²) in [4.78, 5) is 9.59. The van der Waals surface area contributed by atoms with E-state index < -0.39 is 0 Å². The maximum Gasteiger partial charge on any atom is 0.203 e. The molecular weight excluding hydrogens is 687 g/mol. The third-order valence-corrected chi connectivity index (χ3v) is 13.8. The van der Waals surface area contributed by atoms with Gasteiger partial charge in [-0.25, -0.2) is 4.99 Å². The molecule has 3 atom stereocenters. The molecule has 0 N–H and O–H groups in total. The lowest BCUT2D eigenvalue weighted by molar-refractivity contribution is 0.491. The van der Waals surface area contributed by atoms with Gasteiger partial charge in [0.1, 0.15) is 0 Å². The van der Waals surface area contributed by atoms with Crippen LogP contribution in [0.5, 0.6) is 0 Å². The highest BCUT2D eigenvalue weighted by Gasteiger charge is 2.44. The van der Waals surface area contributed by atoms with E-state index in [9.17, 15) is 0 Å². The molecule has 0 radical (unpaired) electrons. The molecule has 2 aromatic heterocycles. The first-order valence-electron chi connectivity index (χ1n) is 19.4. The third kappa shape index (κ3) is 4.58. The molecule has 12 rings (SSSR count). The van der Waals surface area contributed by atoms with Crippen molar-refractivity contribution in [1.82, 2.24) is 4.57 Å². The van der Waals surface area contributed by atoms with Crippen LogP contribution in [0.25, 0.3) is 53.5 Å². The first-order valence-corrected chi connectivity index (χ1v) is 20.2. The zero-order chi connectivity index (χ0) is 36.2. The van der Waals surface area contributed by atoms with E-state index >= 15 is 0 Å². The number of hydrogen-bond acceptors (Lipinski definition) is 3. The van der Waals surface area contributed by atoms with Crippen LogP contribution in [0.2, 0.25) is 0 Å². The van der Waals surface area contributed by atoms with Gasteiger partial charge in [-0.05, 0) is 92.4 Å². The van der Waals surface area contributed by atoms with E-state index in [-0.39, 0.29) is 6.29 Å². The molecule has 9 aromatic rings. The summed E-state index contributed by atoms with van der Waals surface area (Å²) in [5, 5.41) is 5.44. The second-order valence-corrected chi connectivity index (χ2v) is 16.5. The summed E-state index contributed by atoms with van der Waals surface area (Å²) in [5.74, 6) is 0.758. The Bertz CT molecular complexity index is 3020. The SMILES string of the molecule is CN1c2ccccc2C(c2ccc(-c3ccccc3)cc2)=NC1n1c2c(c3ccccc31)C1Cc3cc4ccccc4cc3CC1c1c-2sc2ccccc12. The summed E-state index contributed by atoms with van der Waals surface area (Å²) < 4.78 is 3.96. The number of benzene rings is 7. The highest BCUT2D eigenvalue weighted by molar-refractivity contribution is 7.22. The fourth-order valence-electron chi connectivity index (χ4n) is 10.1.